The second kappa shape index (κ2) is 7.43. The van der Waals surface area contributed by atoms with Crippen LogP contribution in [0.5, 0.6) is 0 Å². The van der Waals surface area contributed by atoms with Gasteiger partial charge in [-0.1, -0.05) is 29.8 Å². The van der Waals surface area contributed by atoms with Crippen molar-refractivity contribution in [1.29, 1.82) is 0 Å². The summed E-state index contributed by atoms with van der Waals surface area (Å²) in [6.45, 7) is 0. The van der Waals surface area contributed by atoms with Gasteiger partial charge in [-0.3, -0.25) is 14.9 Å². The Labute approximate surface area is 161 Å². The van der Waals surface area contributed by atoms with Crippen molar-refractivity contribution in [1.82, 2.24) is 15.2 Å². The number of hydrogen-bond donors (Lipinski definition) is 2. The van der Waals surface area contributed by atoms with Crippen molar-refractivity contribution in [2.45, 2.75) is 0 Å². The first-order chi connectivity index (χ1) is 13.2. The highest BCUT2D eigenvalue weighted by atomic mass is 35.5. The van der Waals surface area contributed by atoms with Gasteiger partial charge in [-0.25, -0.2) is 0 Å². The lowest BCUT2D eigenvalue weighted by Gasteiger charge is -2.08. The molecule has 2 aromatic heterocycles. The number of halogens is 1. The van der Waals surface area contributed by atoms with Crippen LogP contribution in [0, 0.1) is 0 Å². The van der Waals surface area contributed by atoms with Crippen molar-refractivity contribution in [3.8, 4) is 22.4 Å². The van der Waals surface area contributed by atoms with Crippen molar-refractivity contribution < 1.29 is 4.79 Å². The summed E-state index contributed by atoms with van der Waals surface area (Å²) in [5.41, 5.74) is 4.86. The van der Waals surface area contributed by atoms with Crippen molar-refractivity contribution in [2.24, 2.45) is 0 Å². The Kier molecular flexibility index (Phi) is 4.68. The SMILES string of the molecule is O=C(Nc1cccc(Cl)c1)c1cccc(-c2[nH]ncc2-c2ccncc2)c1. The van der Waals surface area contributed by atoms with Gasteiger partial charge in [0.1, 0.15) is 0 Å². The van der Waals surface area contributed by atoms with E-state index in [4.69, 9.17) is 11.6 Å². The Morgan fingerprint density at radius 2 is 1.78 bits per heavy atom. The number of nitrogens with one attached hydrogen (secondary N) is 2. The lowest BCUT2D eigenvalue weighted by Crippen LogP contribution is -2.11. The van der Waals surface area contributed by atoms with Crippen LogP contribution in [0.1, 0.15) is 10.4 Å². The maximum atomic E-state index is 12.6. The van der Waals surface area contributed by atoms with Crippen LogP contribution in [0.3, 0.4) is 0 Å². The van der Waals surface area contributed by atoms with E-state index >= 15 is 0 Å². The molecule has 0 aliphatic carbocycles. The molecule has 2 N–H and O–H groups in total. The highest BCUT2D eigenvalue weighted by Crippen LogP contribution is 2.30. The monoisotopic (exact) mass is 374 g/mol. The normalized spacial score (nSPS) is 10.6. The van der Waals surface area contributed by atoms with Crippen molar-refractivity contribution >= 4 is 23.2 Å². The highest BCUT2D eigenvalue weighted by Gasteiger charge is 2.13. The quantitative estimate of drug-likeness (QED) is 0.525. The Morgan fingerprint density at radius 3 is 2.59 bits per heavy atom. The van der Waals surface area contributed by atoms with Gasteiger partial charge in [0.15, 0.2) is 0 Å². The second-order valence-electron chi connectivity index (χ2n) is 5.94. The Bertz CT molecular complexity index is 1090. The van der Waals surface area contributed by atoms with E-state index in [1.165, 1.54) is 0 Å². The summed E-state index contributed by atoms with van der Waals surface area (Å²) in [6, 6.07) is 18.3. The van der Waals surface area contributed by atoms with E-state index in [1.54, 1.807) is 48.9 Å². The minimum Gasteiger partial charge on any atom is -0.322 e. The molecule has 0 aliphatic rings. The number of carbonyl (C=O) groups is 1. The molecule has 27 heavy (non-hydrogen) atoms. The summed E-state index contributed by atoms with van der Waals surface area (Å²) in [4.78, 5) is 16.7. The standard InChI is InChI=1S/C21H15ClN4O/c22-17-5-2-6-18(12-17)25-21(27)16-4-1-3-15(11-16)20-19(13-24-26-20)14-7-9-23-10-8-14/h1-13H,(H,24,26)(H,25,27). The van der Waals surface area contributed by atoms with E-state index < -0.39 is 0 Å². The smallest absolute Gasteiger partial charge is 0.255 e. The third kappa shape index (κ3) is 3.73. The first kappa shape index (κ1) is 17.0. The van der Waals surface area contributed by atoms with E-state index in [0.717, 1.165) is 22.4 Å². The van der Waals surface area contributed by atoms with E-state index in [0.29, 0.717) is 16.3 Å². The first-order valence-corrected chi connectivity index (χ1v) is 8.69. The predicted molar refractivity (Wildman–Crippen MR) is 107 cm³/mol. The fourth-order valence-electron chi connectivity index (χ4n) is 2.84. The number of H-pyrrole nitrogens is 1. The largest absolute Gasteiger partial charge is 0.322 e. The topological polar surface area (TPSA) is 70.7 Å². The van der Waals surface area contributed by atoms with E-state index in [1.807, 2.05) is 30.3 Å². The number of rotatable bonds is 4. The number of aromatic nitrogens is 3. The third-order valence-electron chi connectivity index (χ3n) is 4.13. The van der Waals surface area contributed by atoms with Crippen molar-refractivity contribution in [3.63, 3.8) is 0 Å². The van der Waals surface area contributed by atoms with Gasteiger partial charge in [0.05, 0.1) is 11.9 Å². The fraction of sp³-hybridized carbons (Fsp3) is 0. The van der Waals surface area contributed by atoms with Crippen LogP contribution in [0.2, 0.25) is 5.02 Å². The molecule has 6 heteroatoms. The Balaban J connectivity index is 1.64. The molecule has 0 radical (unpaired) electrons. The van der Waals surface area contributed by atoms with Gasteiger partial charge in [0, 0.05) is 39.8 Å². The lowest BCUT2D eigenvalue weighted by atomic mass is 10.0. The molecule has 4 aromatic rings. The molecule has 0 atom stereocenters. The number of aromatic amines is 1. The molecule has 0 fully saturated rings. The molecule has 0 unspecified atom stereocenters. The molecule has 5 nitrogen and oxygen atoms in total. The number of carbonyl (C=O) groups excluding carboxylic acids is 1. The maximum Gasteiger partial charge on any atom is 0.255 e. The van der Waals surface area contributed by atoms with Crippen LogP contribution < -0.4 is 5.32 Å². The average Bonchev–Trinajstić information content (AvgIpc) is 3.19. The molecule has 0 bridgehead atoms. The zero-order valence-electron chi connectivity index (χ0n) is 14.2. The summed E-state index contributed by atoms with van der Waals surface area (Å²) in [5.74, 6) is -0.205. The van der Waals surface area contributed by atoms with Gasteiger partial charge in [0.2, 0.25) is 0 Å². The van der Waals surface area contributed by atoms with Crippen LogP contribution in [-0.2, 0) is 0 Å². The second-order valence-corrected chi connectivity index (χ2v) is 6.38. The molecule has 1 amide bonds. The van der Waals surface area contributed by atoms with E-state index in [-0.39, 0.29) is 5.91 Å². The van der Waals surface area contributed by atoms with Crippen LogP contribution in [0.4, 0.5) is 5.69 Å². The summed E-state index contributed by atoms with van der Waals surface area (Å²) in [7, 11) is 0. The fourth-order valence-corrected chi connectivity index (χ4v) is 3.03. The zero-order chi connectivity index (χ0) is 18.6. The number of anilines is 1. The number of pyridine rings is 1. The molecule has 0 aliphatic heterocycles. The molecule has 0 saturated heterocycles. The molecular formula is C21H15ClN4O. The molecule has 2 aromatic carbocycles. The number of hydrogen-bond acceptors (Lipinski definition) is 3. The lowest BCUT2D eigenvalue weighted by molar-refractivity contribution is 0.102. The number of nitrogens with zero attached hydrogens (tertiary/aromatic N) is 2. The minimum atomic E-state index is -0.205. The van der Waals surface area contributed by atoms with E-state index in [2.05, 4.69) is 20.5 Å². The summed E-state index contributed by atoms with van der Waals surface area (Å²) < 4.78 is 0. The first-order valence-electron chi connectivity index (χ1n) is 8.32. The van der Waals surface area contributed by atoms with Crippen LogP contribution >= 0.6 is 11.6 Å². The third-order valence-corrected chi connectivity index (χ3v) is 4.36. The molecule has 0 saturated carbocycles. The summed E-state index contributed by atoms with van der Waals surface area (Å²) in [5, 5.41) is 10.6. The van der Waals surface area contributed by atoms with Crippen molar-refractivity contribution in [2.75, 3.05) is 5.32 Å². The van der Waals surface area contributed by atoms with Gasteiger partial charge in [0.25, 0.3) is 5.91 Å². The zero-order valence-corrected chi connectivity index (χ0v) is 14.9. The van der Waals surface area contributed by atoms with Crippen LogP contribution in [0.25, 0.3) is 22.4 Å². The average molecular weight is 375 g/mol. The van der Waals surface area contributed by atoms with Gasteiger partial charge in [-0.05, 0) is 48.0 Å². The summed E-state index contributed by atoms with van der Waals surface area (Å²) in [6.07, 6.45) is 5.24. The summed E-state index contributed by atoms with van der Waals surface area (Å²) >= 11 is 5.98. The molecule has 132 valence electrons. The van der Waals surface area contributed by atoms with Crippen LogP contribution in [-0.4, -0.2) is 21.1 Å². The molecule has 4 rings (SSSR count). The van der Waals surface area contributed by atoms with Gasteiger partial charge < -0.3 is 5.32 Å². The minimum absolute atomic E-state index is 0.205. The maximum absolute atomic E-state index is 12.6. The van der Waals surface area contributed by atoms with Gasteiger partial charge in [-0.15, -0.1) is 0 Å². The molecule has 2 heterocycles. The number of benzene rings is 2. The van der Waals surface area contributed by atoms with E-state index in [9.17, 15) is 4.79 Å². The molecule has 0 spiro atoms. The highest BCUT2D eigenvalue weighted by molar-refractivity contribution is 6.31. The van der Waals surface area contributed by atoms with Gasteiger partial charge in [-0.2, -0.15) is 5.10 Å². The number of amides is 1. The Hall–Kier alpha value is -3.44. The van der Waals surface area contributed by atoms with Gasteiger partial charge >= 0.3 is 0 Å². The van der Waals surface area contributed by atoms with Crippen LogP contribution in [0.15, 0.2) is 79.3 Å². The Morgan fingerprint density at radius 1 is 0.963 bits per heavy atom. The predicted octanol–water partition coefficient (Wildman–Crippen LogP) is 5.04. The van der Waals surface area contributed by atoms with Crippen molar-refractivity contribution in [3.05, 3.63) is 89.8 Å². The molecular weight excluding hydrogens is 360 g/mol.